The van der Waals surface area contributed by atoms with Crippen molar-refractivity contribution in [2.24, 2.45) is 56.2 Å². The van der Waals surface area contributed by atoms with Gasteiger partial charge < -0.3 is 14.2 Å². The Labute approximate surface area is 261 Å². The van der Waals surface area contributed by atoms with Gasteiger partial charge >= 0.3 is 0 Å². The first kappa shape index (κ1) is 43.0. The maximum atomic E-state index is 5.86. The van der Waals surface area contributed by atoms with Crippen molar-refractivity contribution in [2.45, 2.75) is 165 Å². The normalized spacial score (nSPS) is 29.4. The molecule has 0 radical (unpaired) electrons. The monoisotopic (exact) mass is 585 g/mol. The predicted octanol–water partition coefficient (Wildman–Crippen LogP) is 11.6. The predicted molar refractivity (Wildman–Crippen MR) is 184 cm³/mol. The molecule has 3 fully saturated rings. The van der Waals surface area contributed by atoms with Gasteiger partial charge in [-0.3, -0.25) is 0 Å². The lowest BCUT2D eigenvalue weighted by Gasteiger charge is -2.38. The molecule has 3 heterocycles. The van der Waals surface area contributed by atoms with Crippen LogP contribution in [0.3, 0.4) is 0 Å². The summed E-state index contributed by atoms with van der Waals surface area (Å²) in [7, 11) is 0. The Morgan fingerprint density at radius 3 is 0.780 bits per heavy atom. The van der Waals surface area contributed by atoms with Crippen molar-refractivity contribution in [2.75, 3.05) is 26.4 Å². The summed E-state index contributed by atoms with van der Waals surface area (Å²) in [6.45, 7) is 45.4. The molecule has 3 saturated heterocycles. The third-order valence-corrected chi connectivity index (χ3v) is 9.42. The van der Waals surface area contributed by atoms with E-state index in [1.807, 2.05) is 0 Å². The third kappa shape index (κ3) is 13.2. The lowest BCUT2D eigenvalue weighted by molar-refractivity contribution is -0.0179. The van der Waals surface area contributed by atoms with Gasteiger partial charge in [0, 0.05) is 13.2 Å². The molecule has 3 rings (SSSR count). The summed E-state index contributed by atoms with van der Waals surface area (Å²) in [5.74, 6) is 2.86. The van der Waals surface area contributed by atoms with E-state index in [2.05, 4.69) is 125 Å². The van der Waals surface area contributed by atoms with Gasteiger partial charge in [-0.1, -0.05) is 139 Å². The molecule has 0 N–H and O–H groups in total. The van der Waals surface area contributed by atoms with Crippen molar-refractivity contribution >= 4 is 0 Å². The molecule has 250 valence electrons. The second-order valence-corrected chi connectivity index (χ2v) is 19.3. The van der Waals surface area contributed by atoms with Crippen LogP contribution in [0.4, 0.5) is 0 Å². The van der Waals surface area contributed by atoms with Gasteiger partial charge in [0.2, 0.25) is 0 Å². The summed E-state index contributed by atoms with van der Waals surface area (Å²) in [5, 5.41) is 0. The summed E-state index contributed by atoms with van der Waals surface area (Å²) in [5.41, 5.74) is 2.11. The van der Waals surface area contributed by atoms with Crippen LogP contribution in [-0.4, -0.2) is 38.6 Å². The minimum absolute atomic E-state index is 0. The van der Waals surface area contributed by atoms with Crippen molar-refractivity contribution in [1.29, 1.82) is 0 Å². The van der Waals surface area contributed by atoms with Gasteiger partial charge in [-0.25, -0.2) is 0 Å². The van der Waals surface area contributed by atoms with Gasteiger partial charge in [0.05, 0.1) is 25.4 Å². The fourth-order valence-corrected chi connectivity index (χ4v) is 6.92. The zero-order chi connectivity index (χ0) is 30.8. The molecule has 3 nitrogen and oxygen atoms in total. The van der Waals surface area contributed by atoms with Gasteiger partial charge in [0.25, 0.3) is 0 Å². The average Bonchev–Trinajstić information content (AvgIpc) is 3.45. The van der Waals surface area contributed by atoms with Crippen LogP contribution >= 0.6 is 0 Å². The summed E-state index contributed by atoms with van der Waals surface area (Å²) >= 11 is 0. The van der Waals surface area contributed by atoms with Crippen LogP contribution in [0.1, 0.15) is 152 Å². The molecule has 0 aromatic rings. The highest BCUT2D eigenvalue weighted by Crippen LogP contribution is 2.46. The summed E-state index contributed by atoms with van der Waals surface area (Å²) in [4.78, 5) is 0. The smallest absolute Gasteiger partial charge is 0.0657 e. The SMILES string of the molecule is C.C.CC(C)(C)C1CCOC1C(C)(C)C.CC(C)(C)C1CCOC1C(C)(C)C.CC(C)(C)C1COCC1C(C)(C)C. The zero-order valence-corrected chi connectivity index (χ0v) is 29.9. The van der Waals surface area contributed by atoms with Gasteiger partial charge in [0.15, 0.2) is 0 Å². The molecule has 6 unspecified atom stereocenters. The van der Waals surface area contributed by atoms with E-state index in [0.717, 1.165) is 26.4 Å². The summed E-state index contributed by atoms with van der Waals surface area (Å²) in [6.07, 6.45) is 3.33. The van der Waals surface area contributed by atoms with E-state index in [1.165, 1.54) is 12.8 Å². The van der Waals surface area contributed by atoms with Crippen LogP contribution in [0.15, 0.2) is 0 Å². The van der Waals surface area contributed by atoms with E-state index in [9.17, 15) is 0 Å². The lowest BCUT2D eigenvalue weighted by atomic mass is 9.66. The largest absolute Gasteiger partial charge is 0.381 e. The van der Waals surface area contributed by atoms with Crippen LogP contribution in [0.5, 0.6) is 0 Å². The Hall–Kier alpha value is -0.120. The minimum atomic E-state index is 0. The Balaban J connectivity index is 0. The lowest BCUT2D eigenvalue weighted by Crippen LogP contribution is -2.37. The van der Waals surface area contributed by atoms with Gasteiger partial charge in [0.1, 0.15) is 0 Å². The van der Waals surface area contributed by atoms with Crippen molar-refractivity contribution in [1.82, 2.24) is 0 Å². The first-order chi connectivity index (χ1) is 17.2. The highest BCUT2D eigenvalue weighted by atomic mass is 16.5. The standard InChI is InChI=1S/3C12H24O.2CH4/c1-11(2,3)9-7-13-8-10(9)12(4,5)6;2*1-11(2,3)9-7-8-13-10(9)12(4,5)6;;/h3*9-10H,7-8H2,1-6H3;2*1H4. The fraction of sp³-hybridized carbons (Fsp3) is 1.00. The average molecular weight is 585 g/mol. The maximum absolute atomic E-state index is 5.86. The maximum Gasteiger partial charge on any atom is 0.0657 e. The quantitative estimate of drug-likeness (QED) is 0.283. The van der Waals surface area contributed by atoms with Crippen molar-refractivity contribution in [3.8, 4) is 0 Å². The zero-order valence-electron chi connectivity index (χ0n) is 29.9. The van der Waals surface area contributed by atoms with E-state index in [4.69, 9.17) is 14.2 Å². The number of hydrogen-bond donors (Lipinski definition) is 0. The highest BCUT2D eigenvalue weighted by Gasteiger charge is 2.44. The number of ether oxygens (including phenoxy) is 3. The first-order valence-corrected chi connectivity index (χ1v) is 16.0. The summed E-state index contributed by atoms with van der Waals surface area (Å²) < 4.78 is 17.3. The number of rotatable bonds is 0. The van der Waals surface area contributed by atoms with E-state index in [-0.39, 0.29) is 25.7 Å². The second kappa shape index (κ2) is 15.2. The molecule has 3 aliphatic heterocycles. The molecule has 3 heteroatoms. The van der Waals surface area contributed by atoms with Crippen LogP contribution < -0.4 is 0 Å². The molecule has 0 aromatic heterocycles. The Kier molecular flexibility index (Phi) is 16.0. The van der Waals surface area contributed by atoms with Crippen molar-refractivity contribution in [3.05, 3.63) is 0 Å². The van der Waals surface area contributed by atoms with Crippen LogP contribution in [-0.2, 0) is 14.2 Å². The molecule has 3 aliphatic rings. The molecule has 0 spiro atoms. The summed E-state index contributed by atoms with van der Waals surface area (Å²) in [6, 6.07) is 0. The van der Waals surface area contributed by atoms with Crippen molar-refractivity contribution < 1.29 is 14.2 Å². The first-order valence-electron chi connectivity index (χ1n) is 16.0. The Morgan fingerprint density at radius 2 is 0.610 bits per heavy atom. The topological polar surface area (TPSA) is 27.7 Å². The van der Waals surface area contributed by atoms with E-state index in [0.29, 0.717) is 57.5 Å². The van der Waals surface area contributed by atoms with E-state index < -0.39 is 0 Å². The van der Waals surface area contributed by atoms with Crippen LogP contribution in [0.25, 0.3) is 0 Å². The highest BCUT2D eigenvalue weighted by molar-refractivity contribution is 4.93. The Bertz CT molecular complexity index is 552. The third-order valence-electron chi connectivity index (χ3n) is 9.42. The van der Waals surface area contributed by atoms with Gasteiger partial charge in [-0.05, 0) is 69.0 Å². The fourth-order valence-electron chi connectivity index (χ4n) is 6.92. The molecule has 0 aromatic carbocycles. The second-order valence-electron chi connectivity index (χ2n) is 19.3. The molecule has 6 atom stereocenters. The van der Waals surface area contributed by atoms with Gasteiger partial charge in [-0.2, -0.15) is 0 Å². The molecular weight excluding hydrogens is 504 g/mol. The van der Waals surface area contributed by atoms with E-state index >= 15 is 0 Å². The van der Waals surface area contributed by atoms with Crippen LogP contribution in [0, 0.1) is 56.2 Å². The number of hydrogen-bond acceptors (Lipinski definition) is 3. The molecule has 0 saturated carbocycles. The minimum Gasteiger partial charge on any atom is -0.381 e. The molecular formula is C38H80O3. The molecule has 0 aliphatic carbocycles. The van der Waals surface area contributed by atoms with Crippen molar-refractivity contribution in [3.63, 3.8) is 0 Å². The van der Waals surface area contributed by atoms with Gasteiger partial charge in [-0.15, -0.1) is 0 Å². The molecule has 0 bridgehead atoms. The molecule has 0 amide bonds. The van der Waals surface area contributed by atoms with Crippen LogP contribution in [0.2, 0.25) is 0 Å². The van der Waals surface area contributed by atoms with E-state index in [1.54, 1.807) is 0 Å². The Morgan fingerprint density at radius 1 is 0.366 bits per heavy atom. The molecule has 41 heavy (non-hydrogen) atoms.